The monoisotopic (exact) mass is 453 g/mol. The molecule has 8 nitrogen and oxygen atoms in total. The molecule has 0 aliphatic carbocycles. The van der Waals surface area contributed by atoms with E-state index in [4.69, 9.17) is 22.1 Å². The third-order valence-corrected chi connectivity index (χ3v) is 5.53. The molecule has 0 radical (unpaired) electrons. The number of hydrogen-bond donors (Lipinski definition) is 2. The van der Waals surface area contributed by atoms with E-state index in [1.807, 2.05) is 0 Å². The lowest BCUT2D eigenvalue weighted by molar-refractivity contribution is 0.0950. The Balaban J connectivity index is 1.72. The number of nitrogens with two attached hydrogens (primary N) is 1. The minimum atomic E-state index is -0.574. The van der Waals surface area contributed by atoms with E-state index in [2.05, 4.69) is 15.6 Å². The van der Waals surface area contributed by atoms with E-state index in [-0.39, 0.29) is 11.1 Å². The molecular weight excluding hydrogens is 438 g/mol. The van der Waals surface area contributed by atoms with Crippen LogP contribution in [-0.2, 0) is 0 Å². The molecule has 2 aromatic carbocycles. The van der Waals surface area contributed by atoms with E-state index in [1.54, 1.807) is 61.0 Å². The number of nitrogens with zero attached hydrogens (tertiary/aromatic N) is 3. The second kappa shape index (κ2) is 8.58. The Hall–Kier alpha value is -3.69. The lowest BCUT2D eigenvalue weighted by Crippen LogP contribution is -2.28. The maximum Gasteiger partial charge on any atom is 0.292 e. The third-order valence-electron chi connectivity index (χ3n) is 4.46. The molecule has 0 saturated heterocycles. The minimum Gasteiger partial charge on any atom is -0.497 e. The van der Waals surface area contributed by atoms with Gasteiger partial charge in [0.25, 0.3) is 11.5 Å². The van der Waals surface area contributed by atoms with Gasteiger partial charge in [-0.3, -0.25) is 9.59 Å². The Morgan fingerprint density at radius 3 is 2.61 bits per heavy atom. The lowest BCUT2D eigenvalue weighted by Gasteiger charge is -2.09. The van der Waals surface area contributed by atoms with E-state index in [9.17, 15) is 9.59 Å². The molecule has 156 valence electrons. The Labute approximate surface area is 185 Å². The molecule has 0 unspecified atom stereocenters. The van der Waals surface area contributed by atoms with Gasteiger partial charge in [-0.2, -0.15) is 14.9 Å². The number of nitrogens with one attached hydrogen (secondary N) is 1. The van der Waals surface area contributed by atoms with Crippen LogP contribution in [0.1, 0.15) is 16.1 Å². The number of ether oxygens (including phenoxy) is 1. The zero-order chi connectivity index (χ0) is 22.0. The molecule has 2 heterocycles. The number of hydrazone groups is 1. The number of amides is 1. The van der Waals surface area contributed by atoms with Gasteiger partial charge < -0.3 is 10.5 Å². The number of carbonyl (C=O) groups is 1. The molecule has 3 N–H and O–H groups in total. The highest BCUT2D eigenvalue weighted by Crippen LogP contribution is 2.27. The normalized spacial score (nSPS) is 11.2. The van der Waals surface area contributed by atoms with Crippen LogP contribution >= 0.6 is 22.9 Å². The van der Waals surface area contributed by atoms with Gasteiger partial charge >= 0.3 is 0 Å². The number of fused-ring (bicyclic) bond motifs is 1. The topological polar surface area (TPSA) is 112 Å². The summed E-state index contributed by atoms with van der Waals surface area (Å²) in [5.41, 5.74) is 9.30. The van der Waals surface area contributed by atoms with Crippen LogP contribution in [0.15, 0.2) is 63.8 Å². The predicted octanol–water partition coefficient (Wildman–Crippen LogP) is 3.46. The number of carbonyl (C=O) groups excluding carboxylic acids is 1. The highest BCUT2D eigenvalue weighted by molar-refractivity contribution is 7.15. The fraction of sp³-hybridized carbons (Fsp3) is 0.0476. The highest BCUT2D eigenvalue weighted by atomic mass is 35.5. The average Bonchev–Trinajstić information content (AvgIpc) is 3.17. The maximum atomic E-state index is 13.0. The predicted molar refractivity (Wildman–Crippen MR) is 123 cm³/mol. The van der Waals surface area contributed by atoms with Crippen molar-refractivity contribution in [3.05, 3.63) is 80.5 Å². The Bertz CT molecular complexity index is 1340. The van der Waals surface area contributed by atoms with Crippen molar-refractivity contribution in [2.24, 2.45) is 5.10 Å². The van der Waals surface area contributed by atoms with Crippen LogP contribution in [-0.4, -0.2) is 29.0 Å². The molecular formula is C21H16ClN5O3S. The summed E-state index contributed by atoms with van der Waals surface area (Å²) < 4.78 is 6.29. The van der Waals surface area contributed by atoms with Gasteiger partial charge in [0.2, 0.25) is 0 Å². The SMILES string of the molecule is COc1ccc(-n2nc(C(=O)NN=Cc3ccc(Cl)cc3)c3csc(N)c3c2=O)cc1. The van der Waals surface area contributed by atoms with Crippen molar-refractivity contribution in [2.75, 3.05) is 12.8 Å². The quantitative estimate of drug-likeness (QED) is 0.355. The Morgan fingerprint density at radius 1 is 1.23 bits per heavy atom. The van der Waals surface area contributed by atoms with Crippen LogP contribution in [0.3, 0.4) is 0 Å². The first-order valence-corrected chi connectivity index (χ1v) is 10.3. The number of nitrogen functional groups attached to an aromatic ring is 1. The van der Waals surface area contributed by atoms with Crippen LogP contribution < -0.4 is 21.5 Å². The van der Waals surface area contributed by atoms with Gasteiger partial charge in [0, 0.05) is 15.8 Å². The molecule has 1 amide bonds. The minimum absolute atomic E-state index is 0.0339. The fourth-order valence-corrected chi connectivity index (χ4v) is 3.82. The first kappa shape index (κ1) is 20.6. The number of hydrogen-bond acceptors (Lipinski definition) is 7. The first-order valence-electron chi connectivity index (χ1n) is 9.01. The first-order chi connectivity index (χ1) is 15.0. The standard InChI is InChI=1S/C21H16ClN5O3S/c1-30-15-8-6-14(7-9-15)27-21(29)17-16(11-31-19(17)23)18(26-27)20(28)25-24-10-12-2-4-13(22)5-3-12/h2-11H,23H2,1H3,(H,25,28). The summed E-state index contributed by atoms with van der Waals surface area (Å²) in [6.45, 7) is 0. The van der Waals surface area contributed by atoms with Gasteiger partial charge in [0.15, 0.2) is 5.69 Å². The fourth-order valence-electron chi connectivity index (χ4n) is 2.91. The van der Waals surface area contributed by atoms with Crippen molar-refractivity contribution in [3.8, 4) is 11.4 Å². The summed E-state index contributed by atoms with van der Waals surface area (Å²) in [4.78, 5) is 25.8. The van der Waals surface area contributed by atoms with Crippen molar-refractivity contribution < 1.29 is 9.53 Å². The van der Waals surface area contributed by atoms with E-state index >= 15 is 0 Å². The van der Waals surface area contributed by atoms with E-state index in [0.717, 1.165) is 10.2 Å². The van der Waals surface area contributed by atoms with Crippen molar-refractivity contribution >= 4 is 50.8 Å². The van der Waals surface area contributed by atoms with Crippen molar-refractivity contribution in [3.63, 3.8) is 0 Å². The van der Waals surface area contributed by atoms with Gasteiger partial charge in [0.05, 0.1) is 29.4 Å². The number of rotatable bonds is 5. The molecule has 0 fully saturated rings. The molecule has 2 aromatic heterocycles. The van der Waals surface area contributed by atoms with Crippen LogP contribution in [0.5, 0.6) is 5.75 Å². The molecule has 0 saturated carbocycles. The molecule has 0 bridgehead atoms. The second-order valence-electron chi connectivity index (χ2n) is 6.40. The Kier molecular flexibility index (Phi) is 5.70. The zero-order valence-electron chi connectivity index (χ0n) is 16.2. The molecule has 4 aromatic rings. The molecule has 0 aliphatic rings. The smallest absolute Gasteiger partial charge is 0.292 e. The van der Waals surface area contributed by atoms with Gasteiger partial charge in [-0.25, -0.2) is 5.43 Å². The number of methoxy groups -OCH3 is 1. The van der Waals surface area contributed by atoms with E-state index in [1.165, 1.54) is 17.6 Å². The molecule has 0 aliphatic heterocycles. The molecule has 0 spiro atoms. The van der Waals surface area contributed by atoms with Gasteiger partial charge in [0.1, 0.15) is 5.75 Å². The largest absolute Gasteiger partial charge is 0.497 e. The van der Waals surface area contributed by atoms with Crippen LogP contribution in [0.4, 0.5) is 5.00 Å². The van der Waals surface area contributed by atoms with E-state index in [0.29, 0.717) is 26.8 Å². The maximum absolute atomic E-state index is 13.0. The van der Waals surface area contributed by atoms with Gasteiger partial charge in [-0.15, -0.1) is 11.3 Å². The summed E-state index contributed by atoms with van der Waals surface area (Å²) in [6, 6.07) is 13.7. The van der Waals surface area contributed by atoms with Crippen molar-refractivity contribution in [2.45, 2.75) is 0 Å². The zero-order valence-corrected chi connectivity index (χ0v) is 17.8. The van der Waals surface area contributed by atoms with E-state index < -0.39 is 11.5 Å². The number of benzene rings is 2. The summed E-state index contributed by atoms with van der Waals surface area (Å²) >= 11 is 7.03. The van der Waals surface area contributed by atoms with Gasteiger partial charge in [-0.1, -0.05) is 23.7 Å². The van der Waals surface area contributed by atoms with Crippen molar-refractivity contribution in [1.82, 2.24) is 15.2 Å². The van der Waals surface area contributed by atoms with Crippen LogP contribution in [0.2, 0.25) is 5.02 Å². The Morgan fingerprint density at radius 2 is 1.94 bits per heavy atom. The third kappa shape index (κ3) is 4.14. The average molecular weight is 454 g/mol. The summed E-state index contributed by atoms with van der Waals surface area (Å²) in [7, 11) is 1.55. The number of thiophene rings is 1. The molecule has 4 rings (SSSR count). The number of anilines is 1. The molecule has 10 heteroatoms. The van der Waals surface area contributed by atoms with Crippen LogP contribution in [0, 0.1) is 0 Å². The summed E-state index contributed by atoms with van der Waals surface area (Å²) in [5.74, 6) is 0.0534. The lowest BCUT2D eigenvalue weighted by atomic mass is 10.2. The second-order valence-corrected chi connectivity index (χ2v) is 7.75. The summed E-state index contributed by atoms with van der Waals surface area (Å²) in [6.07, 6.45) is 1.48. The summed E-state index contributed by atoms with van der Waals surface area (Å²) in [5, 5.41) is 11.4. The van der Waals surface area contributed by atoms with Gasteiger partial charge in [-0.05, 0) is 42.0 Å². The molecule has 0 atom stereocenters. The van der Waals surface area contributed by atoms with Crippen molar-refractivity contribution in [1.29, 1.82) is 0 Å². The number of aromatic nitrogens is 2. The van der Waals surface area contributed by atoms with Crippen LogP contribution in [0.25, 0.3) is 16.5 Å². The highest BCUT2D eigenvalue weighted by Gasteiger charge is 2.20. The number of halogens is 1. The molecule has 31 heavy (non-hydrogen) atoms.